The molecule has 0 aromatic heterocycles. The summed E-state index contributed by atoms with van der Waals surface area (Å²) < 4.78 is 18.5. The Morgan fingerprint density at radius 3 is 2.79 bits per heavy atom. The van der Waals surface area contributed by atoms with Gasteiger partial charge in [0.15, 0.2) is 0 Å². The first-order chi connectivity index (χ1) is 8.95. The van der Waals surface area contributed by atoms with Crippen LogP contribution in [0.2, 0.25) is 0 Å². The molecule has 19 heavy (non-hydrogen) atoms. The first-order valence-electron chi connectivity index (χ1n) is 6.79. The number of hydrogen-bond acceptors (Lipinski definition) is 4. The molecule has 0 radical (unpaired) electrons. The van der Waals surface area contributed by atoms with Crippen molar-refractivity contribution in [3.63, 3.8) is 0 Å². The summed E-state index contributed by atoms with van der Waals surface area (Å²) >= 11 is 1.87. The molecule has 0 amide bonds. The van der Waals surface area contributed by atoms with Crippen LogP contribution >= 0.6 is 11.8 Å². The van der Waals surface area contributed by atoms with Gasteiger partial charge in [-0.25, -0.2) is 0 Å². The van der Waals surface area contributed by atoms with E-state index in [0.717, 1.165) is 30.8 Å². The maximum absolute atomic E-state index is 12.6. The summed E-state index contributed by atoms with van der Waals surface area (Å²) in [4.78, 5) is 11.3. The van der Waals surface area contributed by atoms with Crippen LogP contribution in [0.5, 0.6) is 0 Å². The van der Waals surface area contributed by atoms with Gasteiger partial charge < -0.3 is 9.84 Å². The van der Waals surface area contributed by atoms with E-state index >= 15 is 0 Å². The third-order valence-electron chi connectivity index (χ3n) is 3.94. The lowest BCUT2D eigenvalue weighted by Gasteiger charge is -2.38. The average Bonchev–Trinajstić information content (AvgIpc) is 2.76. The Hall–Kier alpha value is -0.0700. The molecule has 1 spiro atoms. The van der Waals surface area contributed by atoms with Crippen molar-refractivity contribution in [2.45, 2.75) is 49.2 Å². The van der Waals surface area contributed by atoms with Crippen LogP contribution < -0.4 is 0 Å². The van der Waals surface area contributed by atoms with Crippen LogP contribution in [-0.4, -0.2) is 49.5 Å². The minimum absolute atomic E-state index is 0.0315. The lowest BCUT2D eigenvalue weighted by atomic mass is 9.93. The molecule has 6 heteroatoms. The van der Waals surface area contributed by atoms with Gasteiger partial charge in [0, 0.05) is 28.4 Å². The number of carboxylic acid groups (broad SMARTS) is 1. The van der Waals surface area contributed by atoms with E-state index in [2.05, 4.69) is 0 Å². The van der Waals surface area contributed by atoms with Crippen LogP contribution in [0.4, 0.5) is 0 Å². The SMILES string of the molecule is CC(C)C(C(=O)O)S(=O)C1CCOC2(CCSC2)C1. The van der Waals surface area contributed by atoms with E-state index in [1.54, 1.807) is 0 Å². The van der Waals surface area contributed by atoms with Crippen molar-refractivity contribution >= 4 is 28.5 Å². The number of thioether (sulfide) groups is 1. The van der Waals surface area contributed by atoms with Gasteiger partial charge in [0.05, 0.1) is 5.60 Å². The zero-order valence-electron chi connectivity index (χ0n) is 11.5. The summed E-state index contributed by atoms with van der Waals surface area (Å²) in [7, 11) is -1.32. The molecule has 2 rings (SSSR count). The molecule has 0 saturated carbocycles. The number of carbonyl (C=O) groups is 1. The first-order valence-corrected chi connectivity index (χ1v) is 9.22. The van der Waals surface area contributed by atoms with Gasteiger partial charge in [0.25, 0.3) is 0 Å². The standard InChI is InChI=1S/C13H22O4S2/c1-9(2)11(12(14)15)19(16)10-3-5-17-13(7-10)4-6-18-8-13/h9-11H,3-8H2,1-2H3,(H,14,15). The van der Waals surface area contributed by atoms with Crippen molar-refractivity contribution < 1.29 is 18.8 Å². The molecular weight excluding hydrogens is 284 g/mol. The van der Waals surface area contributed by atoms with Crippen LogP contribution in [0.1, 0.15) is 33.1 Å². The quantitative estimate of drug-likeness (QED) is 0.859. The zero-order chi connectivity index (χ0) is 14.0. The molecule has 4 unspecified atom stereocenters. The largest absolute Gasteiger partial charge is 0.480 e. The van der Waals surface area contributed by atoms with Crippen LogP contribution in [0, 0.1) is 5.92 Å². The van der Waals surface area contributed by atoms with E-state index in [1.807, 2.05) is 25.6 Å². The molecule has 2 aliphatic rings. The summed E-state index contributed by atoms with van der Waals surface area (Å²) in [6.07, 6.45) is 2.48. The van der Waals surface area contributed by atoms with Crippen molar-refractivity contribution in [3.05, 3.63) is 0 Å². The molecule has 1 N–H and O–H groups in total. The van der Waals surface area contributed by atoms with Crippen molar-refractivity contribution in [1.82, 2.24) is 0 Å². The van der Waals surface area contributed by atoms with E-state index in [9.17, 15) is 14.1 Å². The highest BCUT2D eigenvalue weighted by Gasteiger charge is 2.44. The van der Waals surface area contributed by atoms with Crippen LogP contribution in [0.3, 0.4) is 0 Å². The maximum atomic E-state index is 12.6. The number of aliphatic carboxylic acids is 1. The fraction of sp³-hybridized carbons (Fsp3) is 0.923. The molecule has 110 valence electrons. The highest BCUT2D eigenvalue weighted by molar-refractivity contribution is 7.99. The Morgan fingerprint density at radius 2 is 2.26 bits per heavy atom. The second-order valence-electron chi connectivity index (χ2n) is 5.78. The Kier molecular flexibility index (Phi) is 4.95. The topological polar surface area (TPSA) is 63.6 Å². The number of hydrogen-bond donors (Lipinski definition) is 1. The highest BCUT2D eigenvalue weighted by atomic mass is 32.2. The van der Waals surface area contributed by atoms with Crippen LogP contribution in [0.15, 0.2) is 0 Å². The second kappa shape index (κ2) is 6.14. The van der Waals surface area contributed by atoms with Crippen molar-refractivity contribution in [2.24, 2.45) is 5.92 Å². The van der Waals surface area contributed by atoms with Gasteiger partial charge in [0.1, 0.15) is 5.25 Å². The van der Waals surface area contributed by atoms with E-state index < -0.39 is 22.0 Å². The molecule has 0 bridgehead atoms. The average molecular weight is 306 g/mol. The van der Waals surface area contributed by atoms with Gasteiger partial charge in [0.2, 0.25) is 0 Å². The summed E-state index contributed by atoms with van der Waals surface area (Å²) in [5.41, 5.74) is -0.136. The minimum atomic E-state index is -1.32. The van der Waals surface area contributed by atoms with E-state index in [0.29, 0.717) is 6.61 Å². The number of rotatable bonds is 4. The van der Waals surface area contributed by atoms with E-state index in [-0.39, 0.29) is 16.8 Å². The smallest absolute Gasteiger partial charge is 0.319 e. The highest BCUT2D eigenvalue weighted by Crippen LogP contribution is 2.40. The fourth-order valence-electron chi connectivity index (χ4n) is 2.90. The van der Waals surface area contributed by atoms with Gasteiger partial charge in [-0.15, -0.1) is 0 Å². The van der Waals surface area contributed by atoms with Gasteiger partial charge in [-0.05, 0) is 30.9 Å². The third-order valence-corrected chi connectivity index (χ3v) is 7.47. The van der Waals surface area contributed by atoms with Gasteiger partial charge in [-0.2, -0.15) is 11.8 Å². The summed E-state index contributed by atoms with van der Waals surface area (Å²) in [6, 6.07) is 0. The normalized spacial score (nSPS) is 34.6. The van der Waals surface area contributed by atoms with Gasteiger partial charge in [-0.1, -0.05) is 13.8 Å². The van der Waals surface area contributed by atoms with Crippen molar-refractivity contribution in [2.75, 3.05) is 18.1 Å². The Balaban J connectivity index is 2.08. The molecule has 4 atom stereocenters. The van der Waals surface area contributed by atoms with Gasteiger partial charge in [-0.3, -0.25) is 9.00 Å². The Morgan fingerprint density at radius 1 is 1.53 bits per heavy atom. The van der Waals surface area contributed by atoms with Crippen molar-refractivity contribution in [1.29, 1.82) is 0 Å². The van der Waals surface area contributed by atoms with E-state index in [1.165, 1.54) is 0 Å². The number of ether oxygens (including phenoxy) is 1. The molecule has 0 aliphatic carbocycles. The molecule has 2 saturated heterocycles. The van der Waals surface area contributed by atoms with Crippen LogP contribution in [-0.2, 0) is 20.3 Å². The molecule has 4 nitrogen and oxygen atoms in total. The zero-order valence-corrected chi connectivity index (χ0v) is 13.1. The lowest BCUT2D eigenvalue weighted by Crippen LogP contribution is -2.46. The molecule has 2 fully saturated rings. The summed E-state index contributed by atoms with van der Waals surface area (Å²) in [5.74, 6) is 1.01. The molecule has 2 heterocycles. The van der Waals surface area contributed by atoms with Crippen LogP contribution in [0.25, 0.3) is 0 Å². The van der Waals surface area contributed by atoms with Gasteiger partial charge >= 0.3 is 5.97 Å². The molecular formula is C13H22O4S2. The Bertz CT molecular complexity index is 364. The van der Waals surface area contributed by atoms with E-state index in [4.69, 9.17) is 4.74 Å². The summed E-state index contributed by atoms with van der Waals surface area (Å²) in [6.45, 7) is 4.27. The monoisotopic (exact) mass is 306 g/mol. The molecule has 0 aromatic rings. The second-order valence-corrected chi connectivity index (χ2v) is 8.72. The predicted molar refractivity (Wildman–Crippen MR) is 78.1 cm³/mol. The molecule has 0 aromatic carbocycles. The summed E-state index contributed by atoms with van der Waals surface area (Å²) in [5, 5.41) is 8.49. The first kappa shape index (κ1) is 15.3. The lowest BCUT2D eigenvalue weighted by molar-refractivity contribution is -0.137. The number of carboxylic acids is 1. The fourth-order valence-corrected chi connectivity index (χ4v) is 6.23. The van der Waals surface area contributed by atoms with Crippen molar-refractivity contribution in [3.8, 4) is 0 Å². The maximum Gasteiger partial charge on any atom is 0.319 e. The predicted octanol–water partition coefficient (Wildman–Crippen LogP) is 1.90. The third kappa shape index (κ3) is 3.34. The minimum Gasteiger partial charge on any atom is -0.480 e. The Labute approximate surface area is 121 Å². The molecule has 2 aliphatic heterocycles.